The van der Waals surface area contributed by atoms with E-state index in [-0.39, 0.29) is 5.69 Å². The Morgan fingerprint density at radius 2 is 1.95 bits per heavy atom. The summed E-state index contributed by atoms with van der Waals surface area (Å²) in [6, 6.07) is 14.0. The summed E-state index contributed by atoms with van der Waals surface area (Å²) in [6.45, 7) is 0. The van der Waals surface area contributed by atoms with E-state index in [0.717, 1.165) is 5.39 Å². The van der Waals surface area contributed by atoms with Crippen molar-refractivity contribution >= 4 is 16.7 Å². The Labute approximate surface area is 114 Å². The van der Waals surface area contributed by atoms with E-state index < -0.39 is 4.92 Å². The molecule has 0 aliphatic rings. The minimum Gasteiger partial charge on any atom is -0.497 e. The quantitative estimate of drug-likeness (QED) is 0.532. The predicted molar refractivity (Wildman–Crippen MR) is 74.9 cm³/mol. The molecule has 3 rings (SSSR count). The third-order valence-corrected chi connectivity index (χ3v) is 3.09. The fourth-order valence-corrected chi connectivity index (χ4v) is 2.11. The molecule has 1 heterocycles. The highest BCUT2D eigenvalue weighted by molar-refractivity contribution is 5.84. The van der Waals surface area contributed by atoms with Gasteiger partial charge in [-0.1, -0.05) is 18.2 Å². The maximum absolute atomic E-state index is 11.2. The molecule has 0 aliphatic heterocycles. The van der Waals surface area contributed by atoms with Crippen LogP contribution in [0.1, 0.15) is 0 Å². The Morgan fingerprint density at radius 1 is 1.15 bits per heavy atom. The van der Waals surface area contributed by atoms with Crippen molar-refractivity contribution in [3.05, 3.63) is 58.6 Å². The largest absolute Gasteiger partial charge is 0.497 e. The summed E-state index contributed by atoms with van der Waals surface area (Å²) in [5.41, 5.74) is 1.10. The topological polar surface area (TPSA) is 65.5 Å². The van der Waals surface area contributed by atoms with Crippen LogP contribution in [0.3, 0.4) is 0 Å². The monoisotopic (exact) mass is 269 g/mol. The molecule has 0 aliphatic carbocycles. The number of nitrogens with zero attached hydrogens (tertiary/aromatic N) is 1. The standard InChI is InChI=1S/C15H11NO4/c1-19-11-6-7-12(13(9-11)16(17)18)15-8-10-4-2-3-5-14(10)20-15/h2-9H,1H3. The van der Waals surface area contributed by atoms with Crippen LogP contribution in [0.4, 0.5) is 5.69 Å². The zero-order valence-corrected chi connectivity index (χ0v) is 10.7. The van der Waals surface area contributed by atoms with Crippen LogP contribution in [0.25, 0.3) is 22.3 Å². The van der Waals surface area contributed by atoms with Gasteiger partial charge in [-0.3, -0.25) is 10.1 Å². The molecule has 0 saturated carbocycles. The van der Waals surface area contributed by atoms with Crippen molar-refractivity contribution in [3.63, 3.8) is 0 Å². The highest BCUT2D eigenvalue weighted by Gasteiger charge is 2.19. The summed E-state index contributed by atoms with van der Waals surface area (Å²) < 4.78 is 10.7. The highest BCUT2D eigenvalue weighted by Crippen LogP contribution is 2.36. The number of hydrogen-bond donors (Lipinski definition) is 0. The Kier molecular flexibility index (Phi) is 2.87. The number of hydrogen-bond acceptors (Lipinski definition) is 4. The second-order valence-corrected chi connectivity index (χ2v) is 4.29. The van der Waals surface area contributed by atoms with Gasteiger partial charge in [-0.2, -0.15) is 0 Å². The van der Waals surface area contributed by atoms with Crippen LogP contribution in [-0.2, 0) is 0 Å². The Morgan fingerprint density at radius 3 is 2.65 bits per heavy atom. The number of furan rings is 1. The van der Waals surface area contributed by atoms with Gasteiger partial charge in [-0.15, -0.1) is 0 Å². The molecule has 0 unspecified atom stereocenters. The first-order chi connectivity index (χ1) is 9.69. The minimum absolute atomic E-state index is 0.0385. The molecular weight excluding hydrogens is 258 g/mol. The van der Waals surface area contributed by atoms with Crippen LogP contribution in [-0.4, -0.2) is 12.0 Å². The van der Waals surface area contributed by atoms with Gasteiger partial charge < -0.3 is 9.15 Å². The molecule has 0 spiro atoms. The zero-order valence-electron chi connectivity index (χ0n) is 10.7. The van der Waals surface area contributed by atoms with Gasteiger partial charge in [0.05, 0.1) is 23.7 Å². The third kappa shape index (κ3) is 1.99. The van der Waals surface area contributed by atoms with Crippen molar-refractivity contribution in [2.75, 3.05) is 7.11 Å². The number of rotatable bonds is 3. The summed E-state index contributed by atoms with van der Waals surface area (Å²) in [7, 11) is 1.47. The van der Waals surface area contributed by atoms with Crippen LogP contribution in [0.5, 0.6) is 5.75 Å². The number of nitro benzene ring substituents is 1. The summed E-state index contributed by atoms with van der Waals surface area (Å²) in [4.78, 5) is 10.7. The Hall–Kier alpha value is -2.82. The van der Waals surface area contributed by atoms with Crippen molar-refractivity contribution in [3.8, 4) is 17.1 Å². The van der Waals surface area contributed by atoms with Crippen molar-refractivity contribution in [1.82, 2.24) is 0 Å². The average Bonchev–Trinajstić information content (AvgIpc) is 2.90. The van der Waals surface area contributed by atoms with E-state index in [4.69, 9.17) is 9.15 Å². The van der Waals surface area contributed by atoms with Gasteiger partial charge >= 0.3 is 0 Å². The lowest BCUT2D eigenvalue weighted by Gasteiger charge is -2.03. The van der Waals surface area contributed by atoms with Crippen LogP contribution < -0.4 is 4.74 Å². The highest BCUT2D eigenvalue weighted by atomic mass is 16.6. The number of para-hydroxylation sites is 1. The van der Waals surface area contributed by atoms with Crippen molar-refractivity contribution < 1.29 is 14.1 Å². The molecule has 0 saturated heterocycles. The van der Waals surface area contributed by atoms with Gasteiger partial charge in [-0.25, -0.2) is 0 Å². The van der Waals surface area contributed by atoms with Gasteiger partial charge in [0, 0.05) is 5.39 Å². The number of nitro groups is 1. The predicted octanol–water partition coefficient (Wildman–Crippen LogP) is 4.02. The molecule has 5 heteroatoms. The number of benzene rings is 2. The van der Waals surface area contributed by atoms with Gasteiger partial charge in [0.15, 0.2) is 0 Å². The molecule has 0 radical (unpaired) electrons. The number of fused-ring (bicyclic) bond motifs is 1. The molecule has 5 nitrogen and oxygen atoms in total. The molecule has 0 fully saturated rings. The van der Waals surface area contributed by atoms with Gasteiger partial charge in [0.1, 0.15) is 17.1 Å². The first-order valence-electron chi connectivity index (χ1n) is 6.00. The molecule has 20 heavy (non-hydrogen) atoms. The second-order valence-electron chi connectivity index (χ2n) is 4.29. The first kappa shape index (κ1) is 12.2. The third-order valence-electron chi connectivity index (χ3n) is 3.09. The molecule has 100 valence electrons. The fourth-order valence-electron chi connectivity index (χ4n) is 2.11. The zero-order chi connectivity index (χ0) is 14.1. The summed E-state index contributed by atoms with van der Waals surface area (Å²) >= 11 is 0. The van der Waals surface area contributed by atoms with E-state index >= 15 is 0 Å². The summed E-state index contributed by atoms with van der Waals surface area (Å²) in [5.74, 6) is 0.914. The fraction of sp³-hybridized carbons (Fsp3) is 0.0667. The average molecular weight is 269 g/mol. The molecule has 0 bridgehead atoms. The van der Waals surface area contributed by atoms with Crippen molar-refractivity contribution in [2.24, 2.45) is 0 Å². The molecule has 0 amide bonds. The van der Waals surface area contributed by atoms with Crippen LogP contribution in [0, 0.1) is 10.1 Å². The Bertz CT molecular complexity index is 758. The minimum atomic E-state index is -0.439. The van der Waals surface area contributed by atoms with Gasteiger partial charge in [0.2, 0.25) is 0 Å². The molecular formula is C15H11NO4. The van der Waals surface area contributed by atoms with Crippen LogP contribution >= 0.6 is 0 Å². The summed E-state index contributed by atoms with van der Waals surface area (Å²) in [6.07, 6.45) is 0. The van der Waals surface area contributed by atoms with Crippen molar-refractivity contribution in [2.45, 2.75) is 0 Å². The van der Waals surface area contributed by atoms with Crippen molar-refractivity contribution in [1.29, 1.82) is 0 Å². The SMILES string of the molecule is COc1ccc(-c2cc3ccccc3o2)c([N+](=O)[O-])c1. The molecule has 1 aromatic heterocycles. The molecule has 0 atom stereocenters. The van der Waals surface area contributed by atoms with E-state index in [2.05, 4.69) is 0 Å². The molecule has 3 aromatic rings. The maximum atomic E-state index is 11.2. The lowest BCUT2D eigenvalue weighted by atomic mass is 10.1. The van der Waals surface area contributed by atoms with E-state index in [0.29, 0.717) is 22.7 Å². The van der Waals surface area contributed by atoms with E-state index in [1.54, 1.807) is 18.2 Å². The van der Waals surface area contributed by atoms with Crippen LogP contribution in [0.2, 0.25) is 0 Å². The molecule has 2 aromatic carbocycles. The lowest BCUT2D eigenvalue weighted by molar-refractivity contribution is -0.384. The van der Waals surface area contributed by atoms with E-state index in [9.17, 15) is 10.1 Å². The Balaban J connectivity index is 2.20. The van der Waals surface area contributed by atoms with Gasteiger partial charge in [-0.05, 0) is 24.3 Å². The molecule has 0 N–H and O–H groups in total. The van der Waals surface area contributed by atoms with E-state index in [1.165, 1.54) is 13.2 Å². The number of methoxy groups -OCH3 is 1. The summed E-state index contributed by atoms with van der Waals surface area (Å²) in [5, 5.41) is 12.1. The first-order valence-corrected chi connectivity index (χ1v) is 6.00. The lowest BCUT2D eigenvalue weighted by Crippen LogP contribution is -1.93. The van der Waals surface area contributed by atoms with Gasteiger partial charge in [0.25, 0.3) is 5.69 Å². The normalized spacial score (nSPS) is 10.7. The maximum Gasteiger partial charge on any atom is 0.284 e. The number of ether oxygens (including phenoxy) is 1. The second kappa shape index (κ2) is 4.70. The smallest absolute Gasteiger partial charge is 0.284 e. The van der Waals surface area contributed by atoms with E-state index in [1.807, 2.05) is 24.3 Å². The van der Waals surface area contributed by atoms with Crippen LogP contribution in [0.15, 0.2) is 52.9 Å².